The van der Waals surface area contributed by atoms with Crippen molar-refractivity contribution in [2.75, 3.05) is 18.4 Å². The van der Waals surface area contributed by atoms with Crippen LogP contribution in [-0.4, -0.2) is 28.9 Å². The topological polar surface area (TPSA) is 54.5 Å². The third-order valence-electron chi connectivity index (χ3n) is 4.52. The maximum atomic E-state index is 12.6. The van der Waals surface area contributed by atoms with Crippen LogP contribution in [0.25, 0.3) is 0 Å². The van der Waals surface area contributed by atoms with Crippen LogP contribution in [0.4, 0.5) is 11.5 Å². The number of carbonyl (C=O) groups excluding carboxylic acids is 1. The van der Waals surface area contributed by atoms with Crippen LogP contribution in [0.2, 0.25) is 0 Å². The molecule has 4 rings (SSSR count). The Kier molecular flexibility index (Phi) is 5.01. The summed E-state index contributed by atoms with van der Waals surface area (Å²) in [7, 11) is 0. The van der Waals surface area contributed by atoms with Gasteiger partial charge in [-0.05, 0) is 49.2 Å². The van der Waals surface area contributed by atoms with Gasteiger partial charge in [0.05, 0.1) is 5.69 Å². The number of hydrogen-bond acceptors (Lipinski definition) is 4. The minimum atomic E-state index is 0.0618. The number of anilines is 2. The second kappa shape index (κ2) is 7.91. The maximum absolute atomic E-state index is 12.6. The molecule has 3 aromatic rings. The average molecular weight is 359 g/mol. The Morgan fingerprint density at radius 3 is 2.52 bits per heavy atom. The molecule has 0 aliphatic carbocycles. The van der Waals surface area contributed by atoms with Crippen LogP contribution in [-0.2, 0) is 0 Å². The van der Waals surface area contributed by atoms with E-state index in [-0.39, 0.29) is 5.91 Å². The molecule has 27 heavy (non-hydrogen) atoms. The van der Waals surface area contributed by atoms with Crippen molar-refractivity contribution >= 4 is 17.4 Å². The zero-order valence-electron chi connectivity index (χ0n) is 15.0. The van der Waals surface area contributed by atoms with E-state index < -0.39 is 0 Å². The highest BCUT2D eigenvalue weighted by Crippen LogP contribution is 2.31. The molecule has 2 aromatic carbocycles. The number of hydrogen-bond donors (Lipinski definition) is 1. The van der Waals surface area contributed by atoms with E-state index >= 15 is 0 Å². The SMILES string of the molecule is O=C(c1ccnc(Nc2ccccc2Oc2ccccc2)c1)N1CCCC1. The van der Waals surface area contributed by atoms with Gasteiger partial charge in [0.15, 0.2) is 5.75 Å². The molecule has 1 N–H and O–H groups in total. The molecule has 1 saturated heterocycles. The summed E-state index contributed by atoms with van der Waals surface area (Å²) >= 11 is 0. The summed E-state index contributed by atoms with van der Waals surface area (Å²) in [6.45, 7) is 1.66. The van der Waals surface area contributed by atoms with Crippen molar-refractivity contribution in [1.82, 2.24) is 9.88 Å². The van der Waals surface area contributed by atoms with E-state index in [1.165, 1.54) is 0 Å². The number of para-hydroxylation sites is 3. The van der Waals surface area contributed by atoms with Gasteiger partial charge in [-0.2, -0.15) is 0 Å². The highest BCUT2D eigenvalue weighted by molar-refractivity contribution is 5.95. The molecule has 1 aromatic heterocycles. The van der Waals surface area contributed by atoms with Crippen LogP contribution in [0.3, 0.4) is 0 Å². The molecule has 1 fully saturated rings. The number of nitrogens with one attached hydrogen (secondary N) is 1. The van der Waals surface area contributed by atoms with Gasteiger partial charge in [0.2, 0.25) is 0 Å². The fourth-order valence-corrected chi connectivity index (χ4v) is 3.15. The Labute approximate surface area is 158 Å². The minimum Gasteiger partial charge on any atom is -0.455 e. The highest BCUT2D eigenvalue weighted by Gasteiger charge is 2.19. The molecule has 1 aliphatic heterocycles. The first-order valence-electron chi connectivity index (χ1n) is 9.14. The Balaban J connectivity index is 1.54. The predicted octanol–water partition coefficient (Wildman–Crippen LogP) is 4.85. The normalized spacial score (nSPS) is 13.4. The van der Waals surface area contributed by atoms with Gasteiger partial charge in [0, 0.05) is 24.8 Å². The van der Waals surface area contributed by atoms with Crippen LogP contribution < -0.4 is 10.1 Å². The van der Waals surface area contributed by atoms with Gasteiger partial charge in [-0.1, -0.05) is 30.3 Å². The van der Waals surface area contributed by atoms with Crippen LogP contribution in [0.1, 0.15) is 23.2 Å². The van der Waals surface area contributed by atoms with Crippen molar-refractivity contribution in [1.29, 1.82) is 0 Å². The first kappa shape index (κ1) is 17.1. The van der Waals surface area contributed by atoms with Crippen LogP contribution in [0, 0.1) is 0 Å². The van der Waals surface area contributed by atoms with Crippen molar-refractivity contribution in [2.45, 2.75) is 12.8 Å². The van der Waals surface area contributed by atoms with Crippen molar-refractivity contribution in [3.8, 4) is 11.5 Å². The van der Waals surface area contributed by atoms with Gasteiger partial charge in [-0.25, -0.2) is 4.98 Å². The number of aromatic nitrogens is 1. The van der Waals surface area contributed by atoms with E-state index in [1.54, 1.807) is 18.3 Å². The molecule has 1 aliphatic rings. The smallest absolute Gasteiger partial charge is 0.254 e. The lowest BCUT2D eigenvalue weighted by Crippen LogP contribution is -2.27. The number of pyridine rings is 1. The summed E-state index contributed by atoms with van der Waals surface area (Å²) in [4.78, 5) is 18.9. The quantitative estimate of drug-likeness (QED) is 0.707. The number of likely N-dealkylation sites (tertiary alicyclic amines) is 1. The number of amides is 1. The summed E-state index contributed by atoms with van der Waals surface area (Å²) < 4.78 is 5.98. The van der Waals surface area contributed by atoms with Gasteiger partial charge in [0.25, 0.3) is 5.91 Å². The molecular weight excluding hydrogens is 338 g/mol. The molecule has 0 radical (unpaired) electrons. The van der Waals surface area contributed by atoms with Gasteiger partial charge >= 0.3 is 0 Å². The highest BCUT2D eigenvalue weighted by atomic mass is 16.5. The van der Waals surface area contributed by atoms with Crippen LogP contribution in [0.5, 0.6) is 11.5 Å². The lowest BCUT2D eigenvalue weighted by atomic mass is 10.2. The first-order chi connectivity index (χ1) is 13.3. The molecule has 1 amide bonds. The molecule has 5 nitrogen and oxygen atoms in total. The van der Waals surface area contributed by atoms with Crippen molar-refractivity contribution in [3.63, 3.8) is 0 Å². The third-order valence-corrected chi connectivity index (χ3v) is 4.52. The Morgan fingerprint density at radius 1 is 0.963 bits per heavy atom. The first-order valence-corrected chi connectivity index (χ1v) is 9.14. The number of rotatable bonds is 5. The zero-order chi connectivity index (χ0) is 18.5. The molecule has 2 heterocycles. The monoisotopic (exact) mass is 359 g/mol. The number of carbonyl (C=O) groups is 1. The van der Waals surface area contributed by atoms with Gasteiger partial charge in [-0.3, -0.25) is 4.79 Å². The van der Waals surface area contributed by atoms with Gasteiger partial charge in [-0.15, -0.1) is 0 Å². The summed E-state index contributed by atoms with van der Waals surface area (Å²) in [5.74, 6) is 2.13. The zero-order valence-corrected chi connectivity index (χ0v) is 15.0. The fourth-order valence-electron chi connectivity index (χ4n) is 3.15. The van der Waals surface area contributed by atoms with E-state index in [0.717, 1.165) is 37.4 Å². The van der Waals surface area contributed by atoms with E-state index in [2.05, 4.69) is 10.3 Å². The second-order valence-corrected chi connectivity index (χ2v) is 6.47. The average Bonchev–Trinajstić information content (AvgIpc) is 3.25. The number of benzene rings is 2. The molecule has 0 bridgehead atoms. The molecule has 0 atom stereocenters. The number of ether oxygens (including phenoxy) is 1. The lowest BCUT2D eigenvalue weighted by Gasteiger charge is -2.16. The standard InChI is InChI=1S/C22H21N3O2/c26-22(25-14-6-7-15-25)17-12-13-23-21(16-17)24-19-10-4-5-11-20(19)27-18-8-2-1-3-9-18/h1-5,8-13,16H,6-7,14-15H2,(H,23,24). The van der Waals surface area contributed by atoms with E-state index in [4.69, 9.17) is 4.74 Å². The molecule has 5 heteroatoms. The molecule has 0 saturated carbocycles. The fraction of sp³-hybridized carbons (Fsp3) is 0.182. The summed E-state index contributed by atoms with van der Waals surface area (Å²) in [6.07, 6.45) is 3.81. The Morgan fingerprint density at radius 2 is 1.70 bits per heavy atom. The second-order valence-electron chi connectivity index (χ2n) is 6.47. The largest absolute Gasteiger partial charge is 0.455 e. The molecule has 0 unspecified atom stereocenters. The van der Waals surface area contributed by atoms with Gasteiger partial charge < -0.3 is 15.0 Å². The summed E-state index contributed by atoms with van der Waals surface area (Å²) in [6, 6.07) is 20.9. The van der Waals surface area contributed by atoms with E-state index in [9.17, 15) is 4.79 Å². The van der Waals surface area contributed by atoms with E-state index in [1.807, 2.05) is 59.5 Å². The number of nitrogens with zero attached hydrogens (tertiary/aromatic N) is 2. The Bertz CT molecular complexity index is 922. The van der Waals surface area contributed by atoms with Crippen LogP contribution >= 0.6 is 0 Å². The minimum absolute atomic E-state index is 0.0618. The molecule has 136 valence electrons. The maximum Gasteiger partial charge on any atom is 0.254 e. The summed E-state index contributed by atoms with van der Waals surface area (Å²) in [5.41, 5.74) is 1.44. The summed E-state index contributed by atoms with van der Waals surface area (Å²) in [5, 5.41) is 3.27. The van der Waals surface area contributed by atoms with Crippen molar-refractivity contribution < 1.29 is 9.53 Å². The van der Waals surface area contributed by atoms with Crippen LogP contribution in [0.15, 0.2) is 72.9 Å². The lowest BCUT2D eigenvalue weighted by molar-refractivity contribution is 0.0793. The molecular formula is C22H21N3O2. The van der Waals surface area contributed by atoms with Crippen molar-refractivity contribution in [3.05, 3.63) is 78.5 Å². The van der Waals surface area contributed by atoms with Gasteiger partial charge in [0.1, 0.15) is 11.6 Å². The predicted molar refractivity (Wildman–Crippen MR) is 106 cm³/mol. The van der Waals surface area contributed by atoms with Crippen molar-refractivity contribution in [2.24, 2.45) is 0 Å². The Hall–Kier alpha value is -3.34. The molecule has 0 spiro atoms. The third kappa shape index (κ3) is 4.08. The van der Waals surface area contributed by atoms with E-state index in [0.29, 0.717) is 17.1 Å².